The number of aromatic nitrogens is 2. The summed E-state index contributed by atoms with van der Waals surface area (Å²) in [6.45, 7) is 3.92. The van der Waals surface area contributed by atoms with Crippen molar-refractivity contribution in [3.05, 3.63) is 18.0 Å². The second-order valence-corrected chi connectivity index (χ2v) is 6.46. The number of methoxy groups -OCH3 is 1. The average Bonchev–Trinajstić information content (AvgIpc) is 2.77. The van der Waals surface area contributed by atoms with Crippen molar-refractivity contribution in [3.8, 4) is 0 Å². The van der Waals surface area contributed by atoms with Crippen LogP contribution in [0, 0.1) is 5.92 Å². The molecule has 0 radical (unpaired) electrons. The Hall–Kier alpha value is -1.40. The van der Waals surface area contributed by atoms with Crippen molar-refractivity contribution in [2.24, 2.45) is 5.92 Å². The fourth-order valence-corrected chi connectivity index (χ4v) is 3.38. The fourth-order valence-electron chi connectivity index (χ4n) is 3.38. The smallest absolute Gasteiger partial charge is 0.245 e. The number of hydrogen-bond acceptors (Lipinski definition) is 4. The molecule has 1 aromatic heterocycles. The first kappa shape index (κ1) is 15.5. The molecular weight excluding hydrogens is 280 g/mol. The van der Waals surface area contributed by atoms with Crippen LogP contribution in [0.4, 0.5) is 0 Å². The molecular formula is C16H26N4O2. The van der Waals surface area contributed by atoms with E-state index >= 15 is 0 Å². The molecule has 1 aliphatic heterocycles. The highest BCUT2D eigenvalue weighted by molar-refractivity contribution is 5.77. The number of rotatable bonds is 6. The van der Waals surface area contributed by atoms with Gasteiger partial charge in [-0.15, -0.1) is 0 Å². The SMILES string of the molecule is COCC(=O)NCCC1CN(C2CCC2)Cc2ccnn2C1. The summed E-state index contributed by atoms with van der Waals surface area (Å²) in [6.07, 6.45) is 6.89. The van der Waals surface area contributed by atoms with E-state index in [0.29, 0.717) is 12.5 Å². The lowest BCUT2D eigenvalue weighted by molar-refractivity contribution is -0.124. The van der Waals surface area contributed by atoms with Crippen LogP contribution in [0.25, 0.3) is 0 Å². The third-order valence-electron chi connectivity index (χ3n) is 4.83. The van der Waals surface area contributed by atoms with Crippen molar-refractivity contribution < 1.29 is 9.53 Å². The molecule has 0 bridgehead atoms. The predicted molar refractivity (Wildman–Crippen MR) is 83.3 cm³/mol. The van der Waals surface area contributed by atoms with Crippen LogP contribution in [0.5, 0.6) is 0 Å². The van der Waals surface area contributed by atoms with Crippen molar-refractivity contribution in [1.82, 2.24) is 20.0 Å². The molecule has 122 valence electrons. The van der Waals surface area contributed by atoms with Crippen LogP contribution in [0.15, 0.2) is 12.3 Å². The normalized spacial score (nSPS) is 22.7. The standard InChI is InChI=1S/C16H26N4O2/c1-22-12-16(21)17-7-5-13-9-19(14-3-2-4-14)11-15-6-8-18-20(15)10-13/h6,8,13-14H,2-5,7,9-12H2,1H3,(H,17,21). The van der Waals surface area contributed by atoms with Crippen molar-refractivity contribution in [3.63, 3.8) is 0 Å². The van der Waals surface area contributed by atoms with Gasteiger partial charge in [0, 0.05) is 45.5 Å². The number of ether oxygens (including phenoxy) is 1. The Morgan fingerprint density at radius 3 is 3.05 bits per heavy atom. The molecule has 1 N–H and O–H groups in total. The predicted octanol–water partition coefficient (Wildman–Crippen LogP) is 1.02. The van der Waals surface area contributed by atoms with Gasteiger partial charge in [0.2, 0.25) is 5.91 Å². The summed E-state index contributed by atoms with van der Waals surface area (Å²) in [7, 11) is 1.54. The van der Waals surface area contributed by atoms with E-state index in [2.05, 4.69) is 26.1 Å². The highest BCUT2D eigenvalue weighted by atomic mass is 16.5. The minimum absolute atomic E-state index is 0.0354. The molecule has 1 aromatic rings. The summed E-state index contributed by atoms with van der Waals surface area (Å²) < 4.78 is 6.98. The highest BCUT2D eigenvalue weighted by Crippen LogP contribution is 2.29. The van der Waals surface area contributed by atoms with Crippen LogP contribution in [-0.4, -0.2) is 53.4 Å². The minimum atomic E-state index is -0.0354. The Morgan fingerprint density at radius 1 is 1.45 bits per heavy atom. The van der Waals surface area contributed by atoms with Gasteiger partial charge in [0.25, 0.3) is 0 Å². The van der Waals surface area contributed by atoms with E-state index < -0.39 is 0 Å². The molecule has 6 nitrogen and oxygen atoms in total. The second-order valence-electron chi connectivity index (χ2n) is 6.46. The molecule has 1 saturated carbocycles. The van der Waals surface area contributed by atoms with Crippen LogP contribution in [0.3, 0.4) is 0 Å². The molecule has 3 rings (SSSR count). The van der Waals surface area contributed by atoms with Gasteiger partial charge >= 0.3 is 0 Å². The molecule has 1 fully saturated rings. The van der Waals surface area contributed by atoms with Crippen LogP contribution in [-0.2, 0) is 22.6 Å². The van der Waals surface area contributed by atoms with E-state index in [0.717, 1.165) is 32.1 Å². The Balaban J connectivity index is 1.57. The van der Waals surface area contributed by atoms with Crippen LogP contribution < -0.4 is 5.32 Å². The number of amides is 1. The minimum Gasteiger partial charge on any atom is -0.375 e. The van der Waals surface area contributed by atoms with Gasteiger partial charge < -0.3 is 10.1 Å². The lowest BCUT2D eigenvalue weighted by Gasteiger charge is -2.38. The molecule has 1 atom stereocenters. The van der Waals surface area contributed by atoms with E-state index in [-0.39, 0.29) is 12.5 Å². The molecule has 6 heteroatoms. The molecule has 2 heterocycles. The van der Waals surface area contributed by atoms with Gasteiger partial charge in [-0.3, -0.25) is 14.4 Å². The van der Waals surface area contributed by atoms with E-state index in [1.165, 1.54) is 25.0 Å². The largest absolute Gasteiger partial charge is 0.375 e. The molecule has 1 aliphatic carbocycles. The zero-order chi connectivity index (χ0) is 15.4. The molecule has 0 aromatic carbocycles. The zero-order valence-electron chi connectivity index (χ0n) is 13.3. The maximum absolute atomic E-state index is 11.5. The van der Waals surface area contributed by atoms with Gasteiger partial charge in [0.05, 0.1) is 5.69 Å². The quantitative estimate of drug-likeness (QED) is 0.852. The van der Waals surface area contributed by atoms with Crippen LogP contribution in [0.2, 0.25) is 0 Å². The first-order valence-electron chi connectivity index (χ1n) is 8.26. The lowest BCUT2D eigenvalue weighted by atomic mass is 9.90. The molecule has 0 saturated heterocycles. The molecule has 1 amide bonds. The van der Waals surface area contributed by atoms with Crippen LogP contribution in [0.1, 0.15) is 31.4 Å². The maximum Gasteiger partial charge on any atom is 0.245 e. The number of carbonyl (C=O) groups excluding carboxylic acids is 1. The van der Waals surface area contributed by atoms with Gasteiger partial charge in [-0.2, -0.15) is 5.10 Å². The Labute approximate surface area is 131 Å². The maximum atomic E-state index is 11.5. The van der Waals surface area contributed by atoms with E-state index in [1.807, 2.05) is 6.20 Å². The highest BCUT2D eigenvalue weighted by Gasteiger charge is 2.30. The first-order chi connectivity index (χ1) is 10.8. The van der Waals surface area contributed by atoms with E-state index in [9.17, 15) is 4.79 Å². The molecule has 0 spiro atoms. The van der Waals surface area contributed by atoms with Crippen molar-refractivity contribution >= 4 is 5.91 Å². The fraction of sp³-hybridized carbons (Fsp3) is 0.750. The average molecular weight is 306 g/mol. The molecule has 1 unspecified atom stereocenters. The number of fused-ring (bicyclic) bond motifs is 1. The molecule has 22 heavy (non-hydrogen) atoms. The summed E-state index contributed by atoms with van der Waals surface area (Å²) in [5.41, 5.74) is 1.32. The molecule has 2 aliphatic rings. The van der Waals surface area contributed by atoms with Gasteiger partial charge in [-0.1, -0.05) is 6.42 Å². The summed E-state index contributed by atoms with van der Waals surface area (Å²) in [5.74, 6) is 0.497. The van der Waals surface area contributed by atoms with Gasteiger partial charge in [0.1, 0.15) is 6.61 Å². The summed E-state index contributed by atoms with van der Waals surface area (Å²) in [4.78, 5) is 14.1. The number of nitrogens with one attached hydrogen (secondary N) is 1. The Morgan fingerprint density at radius 2 is 2.32 bits per heavy atom. The number of hydrogen-bond donors (Lipinski definition) is 1. The van der Waals surface area contributed by atoms with Gasteiger partial charge in [0.15, 0.2) is 0 Å². The van der Waals surface area contributed by atoms with Crippen LogP contribution >= 0.6 is 0 Å². The van der Waals surface area contributed by atoms with E-state index in [4.69, 9.17) is 4.74 Å². The Bertz CT molecular complexity index is 498. The monoisotopic (exact) mass is 306 g/mol. The second kappa shape index (κ2) is 7.24. The third kappa shape index (κ3) is 3.67. The first-order valence-corrected chi connectivity index (χ1v) is 8.26. The van der Waals surface area contributed by atoms with E-state index in [1.54, 1.807) is 7.11 Å². The van der Waals surface area contributed by atoms with Crippen molar-refractivity contribution in [2.45, 2.75) is 44.8 Å². The van der Waals surface area contributed by atoms with Crippen molar-refractivity contribution in [1.29, 1.82) is 0 Å². The summed E-state index contributed by atoms with van der Waals surface area (Å²) in [6, 6.07) is 2.88. The summed E-state index contributed by atoms with van der Waals surface area (Å²) >= 11 is 0. The van der Waals surface area contributed by atoms with Gasteiger partial charge in [-0.05, 0) is 31.2 Å². The van der Waals surface area contributed by atoms with Gasteiger partial charge in [-0.25, -0.2) is 0 Å². The van der Waals surface area contributed by atoms with Crippen molar-refractivity contribution in [2.75, 3.05) is 26.8 Å². The lowest BCUT2D eigenvalue weighted by Crippen LogP contribution is -2.42. The topological polar surface area (TPSA) is 59.4 Å². The third-order valence-corrected chi connectivity index (χ3v) is 4.83. The zero-order valence-corrected chi connectivity index (χ0v) is 13.3. The number of nitrogens with zero attached hydrogens (tertiary/aromatic N) is 3. The Kier molecular flexibility index (Phi) is 5.10. The summed E-state index contributed by atoms with van der Waals surface area (Å²) in [5, 5.41) is 7.39. The number of carbonyl (C=O) groups is 1.